The number of sulfonamides is 1. The Morgan fingerprint density at radius 3 is 2.41 bits per heavy atom. The van der Waals surface area contributed by atoms with Crippen molar-refractivity contribution in [2.24, 2.45) is 0 Å². The number of nitrogens with zero attached hydrogens (tertiary/aromatic N) is 5. The zero-order valence-electron chi connectivity index (χ0n) is 16.9. The minimum atomic E-state index is -3.94. The molecule has 152 valence electrons. The number of aryl methyl sites for hydroxylation is 1. The number of anilines is 2. The molecule has 0 unspecified atom stereocenters. The predicted molar refractivity (Wildman–Crippen MR) is 110 cm³/mol. The lowest BCUT2D eigenvalue weighted by Gasteiger charge is -2.21. The second kappa shape index (κ2) is 6.93. The van der Waals surface area contributed by atoms with Crippen LogP contribution in [0.1, 0.15) is 37.7 Å². The minimum Gasteiger partial charge on any atom is -0.382 e. The molecule has 3 rings (SSSR count). The Bertz CT molecular complexity index is 1220. The molecule has 0 aliphatic rings. The highest BCUT2D eigenvalue weighted by Gasteiger charge is 2.29. The van der Waals surface area contributed by atoms with E-state index in [-0.39, 0.29) is 27.5 Å². The van der Waals surface area contributed by atoms with Crippen molar-refractivity contribution in [1.82, 2.24) is 19.6 Å². The first-order chi connectivity index (χ1) is 13.5. The molecule has 0 saturated carbocycles. The lowest BCUT2D eigenvalue weighted by molar-refractivity contribution is 0.345. The molecule has 0 spiro atoms. The number of nitriles is 1. The molecule has 1 aromatic carbocycles. The molecule has 2 heterocycles. The number of hydrogen-bond donors (Lipinski definition) is 2. The monoisotopic (exact) mass is 413 g/mol. The Labute approximate surface area is 169 Å². The molecule has 3 aromatic rings. The van der Waals surface area contributed by atoms with Crippen LogP contribution in [-0.2, 0) is 15.6 Å². The van der Waals surface area contributed by atoms with E-state index < -0.39 is 10.0 Å². The summed E-state index contributed by atoms with van der Waals surface area (Å²) < 4.78 is 32.1. The van der Waals surface area contributed by atoms with Crippen LogP contribution >= 0.6 is 0 Å². The average Bonchev–Trinajstić information content (AvgIpc) is 3.14. The molecule has 3 N–H and O–H groups in total. The lowest BCUT2D eigenvalue weighted by atomic mass is 10.1. The topological polar surface area (TPSA) is 132 Å². The largest absolute Gasteiger partial charge is 0.382 e. The molecule has 0 aliphatic heterocycles. The molecule has 29 heavy (non-hydrogen) atoms. The van der Waals surface area contributed by atoms with Gasteiger partial charge in [0.1, 0.15) is 22.3 Å². The summed E-state index contributed by atoms with van der Waals surface area (Å²) in [5, 5.41) is 17.6. The number of aromatic nitrogens is 4. The van der Waals surface area contributed by atoms with E-state index >= 15 is 0 Å². The summed E-state index contributed by atoms with van der Waals surface area (Å²) in [4.78, 5) is 0.133. The normalized spacial score (nSPS) is 12.0. The van der Waals surface area contributed by atoms with Crippen molar-refractivity contribution in [2.45, 2.75) is 45.1 Å². The average molecular weight is 414 g/mol. The number of benzene rings is 1. The first kappa shape index (κ1) is 20.4. The predicted octanol–water partition coefficient (Wildman–Crippen LogP) is 2.70. The smallest absolute Gasteiger partial charge is 0.265 e. The molecule has 0 saturated heterocycles. The summed E-state index contributed by atoms with van der Waals surface area (Å²) in [6.45, 7) is 9.27. The molecule has 0 radical (unpaired) electrons. The number of nitrogen functional groups attached to an aromatic ring is 1. The van der Waals surface area contributed by atoms with Crippen LogP contribution in [0.2, 0.25) is 0 Å². The van der Waals surface area contributed by atoms with Crippen LogP contribution < -0.4 is 10.5 Å². The van der Waals surface area contributed by atoms with Gasteiger partial charge in [-0.1, -0.05) is 12.1 Å². The highest BCUT2D eigenvalue weighted by molar-refractivity contribution is 7.92. The lowest BCUT2D eigenvalue weighted by Crippen LogP contribution is -2.25. The number of para-hydroxylation sites is 2. The van der Waals surface area contributed by atoms with Gasteiger partial charge >= 0.3 is 0 Å². The van der Waals surface area contributed by atoms with Crippen molar-refractivity contribution in [3.8, 4) is 11.8 Å². The maximum absolute atomic E-state index is 13.2. The zero-order chi connectivity index (χ0) is 21.6. The third-order valence-electron chi connectivity index (χ3n) is 4.43. The van der Waals surface area contributed by atoms with E-state index in [4.69, 9.17) is 11.0 Å². The Kier molecular flexibility index (Phi) is 4.88. The summed E-state index contributed by atoms with van der Waals surface area (Å²) in [5.41, 5.74) is 7.48. The first-order valence-corrected chi connectivity index (χ1v) is 10.4. The van der Waals surface area contributed by atoms with E-state index in [1.54, 1.807) is 42.8 Å². The van der Waals surface area contributed by atoms with Gasteiger partial charge in [0.2, 0.25) is 0 Å². The fraction of sp³-hybridized carbons (Fsp3) is 0.316. The SMILES string of the molecule is Cc1nn(C(C)(C)C)c(C)c1S(=O)(=O)Nc1ccccc1-n1ncc(C#N)c1N. The number of rotatable bonds is 4. The van der Waals surface area contributed by atoms with Gasteiger partial charge in [-0.15, -0.1) is 0 Å². The zero-order valence-corrected chi connectivity index (χ0v) is 17.7. The molecule has 2 aromatic heterocycles. The van der Waals surface area contributed by atoms with Gasteiger partial charge in [0.05, 0.1) is 34.5 Å². The Hall–Kier alpha value is -3.32. The highest BCUT2D eigenvalue weighted by Crippen LogP contribution is 2.29. The standard InChI is InChI=1S/C19H23N7O2S/c1-12-17(13(2)26(23-12)19(3,4)5)29(27,28)24-15-8-6-7-9-16(15)25-18(21)14(10-20)11-22-25/h6-9,11,24H,21H2,1-5H3. The van der Waals surface area contributed by atoms with Crippen molar-refractivity contribution in [3.63, 3.8) is 0 Å². The molecule has 9 nitrogen and oxygen atoms in total. The van der Waals surface area contributed by atoms with Crippen molar-refractivity contribution in [3.05, 3.63) is 47.4 Å². The maximum Gasteiger partial charge on any atom is 0.265 e. The van der Waals surface area contributed by atoms with E-state index in [0.29, 0.717) is 17.1 Å². The van der Waals surface area contributed by atoms with Crippen molar-refractivity contribution in [2.75, 3.05) is 10.5 Å². The number of nitrogens with two attached hydrogens (primary N) is 1. The summed E-state index contributed by atoms with van der Waals surface area (Å²) in [6.07, 6.45) is 1.34. The number of nitrogens with one attached hydrogen (secondary N) is 1. The van der Waals surface area contributed by atoms with Crippen molar-refractivity contribution in [1.29, 1.82) is 5.26 Å². The van der Waals surface area contributed by atoms with Gasteiger partial charge < -0.3 is 5.73 Å². The van der Waals surface area contributed by atoms with Crippen molar-refractivity contribution < 1.29 is 8.42 Å². The Morgan fingerprint density at radius 2 is 1.86 bits per heavy atom. The fourth-order valence-electron chi connectivity index (χ4n) is 3.25. The maximum atomic E-state index is 13.2. The van der Waals surface area contributed by atoms with Crippen LogP contribution in [0.5, 0.6) is 0 Å². The van der Waals surface area contributed by atoms with Gasteiger partial charge in [0.25, 0.3) is 10.0 Å². The molecule has 0 fully saturated rings. The first-order valence-electron chi connectivity index (χ1n) is 8.90. The molecule has 0 bridgehead atoms. The third-order valence-corrected chi connectivity index (χ3v) is 6.05. The van der Waals surface area contributed by atoms with E-state index in [1.165, 1.54) is 10.9 Å². The Morgan fingerprint density at radius 1 is 1.21 bits per heavy atom. The van der Waals surface area contributed by atoms with E-state index in [2.05, 4.69) is 14.9 Å². The van der Waals surface area contributed by atoms with Crippen LogP contribution in [0.15, 0.2) is 35.4 Å². The second-order valence-corrected chi connectivity index (χ2v) is 9.29. The van der Waals surface area contributed by atoms with Crippen LogP contribution in [0.25, 0.3) is 5.69 Å². The summed E-state index contributed by atoms with van der Waals surface area (Å²) in [7, 11) is -3.94. The van der Waals surface area contributed by atoms with Gasteiger partial charge in [-0.05, 0) is 46.8 Å². The summed E-state index contributed by atoms with van der Waals surface area (Å²) in [6, 6.07) is 8.66. The second-order valence-electron chi connectivity index (χ2n) is 7.67. The van der Waals surface area contributed by atoms with Crippen LogP contribution in [0, 0.1) is 25.2 Å². The van der Waals surface area contributed by atoms with Gasteiger partial charge in [-0.3, -0.25) is 9.40 Å². The fourth-order valence-corrected chi connectivity index (χ4v) is 4.72. The molecule has 0 amide bonds. The van der Waals surface area contributed by atoms with Crippen LogP contribution in [0.3, 0.4) is 0 Å². The molecule has 10 heteroatoms. The summed E-state index contributed by atoms with van der Waals surface area (Å²) >= 11 is 0. The highest BCUT2D eigenvalue weighted by atomic mass is 32.2. The van der Waals surface area contributed by atoms with E-state index in [1.807, 2.05) is 26.8 Å². The van der Waals surface area contributed by atoms with Crippen LogP contribution in [0.4, 0.5) is 11.5 Å². The quantitative estimate of drug-likeness (QED) is 0.676. The van der Waals surface area contributed by atoms with Gasteiger partial charge in [-0.2, -0.15) is 15.5 Å². The van der Waals surface area contributed by atoms with Gasteiger partial charge in [0.15, 0.2) is 0 Å². The molecular formula is C19H23N7O2S. The third kappa shape index (κ3) is 3.56. The van der Waals surface area contributed by atoms with Gasteiger partial charge in [-0.25, -0.2) is 13.1 Å². The number of hydrogen-bond acceptors (Lipinski definition) is 6. The van der Waals surface area contributed by atoms with Crippen molar-refractivity contribution >= 4 is 21.5 Å². The van der Waals surface area contributed by atoms with Crippen LogP contribution in [-0.4, -0.2) is 28.0 Å². The van der Waals surface area contributed by atoms with Gasteiger partial charge in [0, 0.05) is 0 Å². The molecular weight excluding hydrogens is 390 g/mol. The minimum absolute atomic E-state index is 0.132. The Balaban J connectivity index is 2.09. The van der Waals surface area contributed by atoms with E-state index in [0.717, 1.165) is 0 Å². The van der Waals surface area contributed by atoms with E-state index in [9.17, 15) is 8.42 Å². The molecule has 0 atom stereocenters. The molecule has 0 aliphatic carbocycles. The summed E-state index contributed by atoms with van der Waals surface area (Å²) in [5.74, 6) is 0.132.